The molecule has 3 amide bonds. The van der Waals surface area contributed by atoms with Crippen molar-refractivity contribution in [2.24, 2.45) is 17.8 Å². The average molecular weight is 337 g/mol. The Bertz CT molecular complexity index is 452. The number of amides is 3. The summed E-state index contributed by atoms with van der Waals surface area (Å²) in [5.41, 5.74) is 0. The summed E-state index contributed by atoms with van der Waals surface area (Å²) < 4.78 is 0.341. The van der Waals surface area contributed by atoms with Crippen LogP contribution in [-0.2, 0) is 4.79 Å². The Hall–Kier alpha value is -0.710. The third-order valence-corrected chi connectivity index (χ3v) is 7.95. The molecule has 0 aromatic rings. The van der Waals surface area contributed by atoms with Gasteiger partial charge in [0, 0.05) is 10.8 Å². The van der Waals surface area contributed by atoms with Crippen molar-refractivity contribution in [2.45, 2.75) is 75.0 Å². The molecule has 4 bridgehead atoms. The van der Waals surface area contributed by atoms with Gasteiger partial charge in [-0.2, -0.15) is 0 Å². The molecular formula is C18H28N2O2S. The van der Waals surface area contributed by atoms with Crippen molar-refractivity contribution in [3.63, 3.8) is 0 Å². The molecule has 5 saturated carbocycles. The van der Waals surface area contributed by atoms with Crippen LogP contribution >= 0.6 is 11.8 Å². The van der Waals surface area contributed by atoms with Crippen LogP contribution in [0.5, 0.6) is 0 Å². The molecular weight excluding hydrogens is 308 g/mol. The molecule has 0 heterocycles. The molecule has 2 N–H and O–H groups in total. The highest BCUT2D eigenvalue weighted by molar-refractivity contribution is 8.01. The number of carbonyl (C=O) groups is 2. The monoisotopic (exact) mass is 336 g/mol. The zero-order valence-corrected chi connectivity index (χ0v) is 14.6. The Kier molecular flexibility index (Phi) is 4.33. The van der Waals surface area contributed by atoms with E-state index in [0.717, 1.165) is 30.6 Å². The van der Waals surface area contributed by atoms with Crippen LogP contribution in [0.1, 0.15) is 64.2 Å². The third-order valence-electron chi connectivity index (χ3n) is 6.43. The first-order valence-corrected chi connectivity index (χ1v) is 10.3. The van der Waals surface area contributed by atoms with Crippen molar-refractivity contribution in [2.75, 3.05) is 5.75 Å². The number of hydrogen-bond acceptors (Lipinski definition) is 3. The van der Waals surface area contributed by atoms with Gasteiger partial charge in [-0.05, 0) is 69.1 Å². The molecule has 5 heteroatoms. The number of imide groups is 1. The van der Waals surface area contributed by atoms with Crippen LogP contribution in [0.2, 0.25) is 0 Å². The number of carbonyl (C=O) groups excluding carboxylic acids is 2. The van der Waals surface area contributed by atoms with Gasteiger partial charge in [-0.1, -0.05) is 12.8 Å². The summed E-state index contributed by atoms with van der Waals surface area (Å²) in [6, 6.07) is -0.0355. The van der Waals surface area contributed by atoms with Crippen molar-refractivity contribution in [1.82, 2.24) is 10.6 Å². The highest BCUT2D eigenvalue weighted by atomic mass is 32.2. The summed E-state index contributed by atoms with van der Waals surface area (Å²) in [7, 11) is 0. The average Bonchev–Trinajstić information content (AvgIpc) is 2.96. The predicted molar refractivity (Wildman–Crippen MR) is 92.3 cm³/mol. The topological polar surface area (TPSA) is 58.2 Å². The van der Waals surface area contributed by atoms with Gasteiger partial charge < -0.3 is 5.32 Å². The van der Waals surface area contributed by atoms with Crippen LogP contribution in [0.4, 0.5) is 4.79 Å². The van der Waals surface area contributed by atoms with Crippen molar-refractivity contribution >= 4 is 23.7 Å². The molecule has 0 saturated heterocycles. The number of nitrogens with one attached hydrogen (secondary N) is 2. The van der Waals surface area contributed by atoms with Gasteiger partial charge in [-0.15, -0.1) is 11.8 Å². The fraction of sp³-hybridized carbons (Fsp3) is 0.889. The highest BCUT2D eigenvalue weighted by Crippen LogP contribution is 2.60. The first kappa shape index (κ1) is 15.8. The third kappa shape index (κ3) is 3.54. The lowest BCUT2D eigenvalue weighted by Gasteiger charge is -2.56. The Morgan fingerprint density at radius 3 is 2.09 bits per heavy atom. The maximum atomic E-state index is 12.1. The van der Waals surface area contributed by atoms with Crippen LogP contribution < -0.4 is 10.6 Å². The van der Waals surface area contributed by atoms with Gasteiger partial charge >= 0.3 is 6.03 Å². The number of urea groups is 1. The van der Waals surface area contributed by atoms with Crippen LogP contribution in [0.15, 0.2) is 0 Å². The molecule has 0 spiro atoms. The van der Waals surface area contributed by atoms with Crippen molar-refractivity contribution < 1.29 is 9.59 Å². The molecule has 5 aliphatic rings. The van der Waals surface area contributed by atoms with E-state index in [0.29, 0.717) is 10.5 Å². The van der Waals surface area contributed by atoms with Gasteiger partial charge in [0.05, 0.1) is 5.75 Å². The second-order valence-corrected chi connectivity index (χ2v) is 9.84. The van der Waals surface area contributed by atoms with E-state index >= 15 is 0 Å². The molecule has 0 unspecified atom stereocenters. The van der Waals surface area contributed by atoms with E-state index in [1.165, 1.54) is 51.4 Å². The zero-order chi connectivity index (χ0) is 15.9. The first-order chi connectivity index (χ1) is 11.1. The Balaban J connectivity index is 1.24. The van der Waals surface area contributed by atoms with Gasteiger partial charge in [-0.3, -0.25) is 10.1 Å². The molecule has 5 rings (SSSR count). The van der Waals surface area contributed by atoms with Crippen LogP contribution in [0.25, 0.3) is 0 Å². The summed E-state index contributed by atoms with van der Waals surface area (Å²) in [5, 5.41) is 5.45. The lowest BCUT2D eigenvalue weighted by Crippen LogP contribution is -2.49. The van der Waals surface area contributed by atoms with E-state index in [1.54, 1.807) is 0 Å². The number of hydrogen-bond donors (Lipinski definition) is 2. The molecule has 0 aromatic heterocycles. The highest BCUT2D eigenvalue weighted by Gasteiger charge is 2.51. The maximum absolute atomic E-state index is 12.1. The fourth-order valence-corrected chi connectivity index (χ4v) is 7.45. The second kappa shape index (κ2) is 6.30. The molecule has 0 aromatic carbocycles. The SMILES string of the molecule is O=C(CSC12CC3CC(CC(C3)C1)C2)NC(=O)NC1CCCC1. The standard InChI is InChI=1S/C18H28N2O2S/c21-16(20-17(22)19-15-3-1-2-4-15)11-23-18-8-12-5-13(9-18)7-14(6-12)10-18/h12-15H,1-11H2,(H2,19,20,21,22). The number of thioether (sulfide) groups is 1. The van der Waals surface area contributed by atoms with Gasteiger partial charge in [0.15, 0.2) is 0 Å². The summed E-state index contributed by atoms with van der Waals surface area (Å²) in [6.07, 6.45) is 12.6. The minimum absolute atomic E-state index is 0.124. The Morgan fingerprint density at radius 2 is 1.52 bits per heavy atom. The summed E-state index contributed by atoms with van der Waals surface area (Å²) in [5.74, 6) is 3.03. The minimum atomic E-state index is -0.298. The largest absolute Gasteiger partial charge is 0.335 e. The predicted octanol–water partition coefficient (Wildman–Crippen LogP) is 3.46. The molecule has 23 heavy (non-hydrogen) atoms. The normalized spacial score (nSPS) is 38.7. The summed E-state index contributed by atoms with van der Waals surface area (Å²) in [4.78, 5) is 24.0. The summed E-state index contributed by atoms with van der Waals surface area (Å²) >= 11 is 1.83. The van der Waals surface area contributed by atoms with E-state index in [2.05, 4.69) is 10.6 Å². The first-order valence-electron chi connectivity index (χ1n) is 9.34. The quantitative estimate of drug-likeness (QED) is 0.826. The van der Waals surface area contributed by atoms with Crippen molar-refractivity contribution in [3.8, 4) is 0 Å². The van der Waals surface area contributed by atoms with Crippen LogP contribution in [-0.4, -0.2) is 28.5 Å². The van der Waals surface area contributed by atoms with E-state index < -0.39 is 0 Å². The molecule has 5 aliphatic carbocycles. The molecule has 5 fully saturated rings. The van der Waals surface area contributed by atoms with E-state index in [9.17, 15) is 9.59 Å². The van der Waals surface area contributed by atoms with Gasteiger partial charge in [-0.25, -0.2) is 4.79 Å². The van der Waals surface area contributed by atoms with Crippen LogP contribution in [0.3, 0.4) is 0 Å². The van der Waals surface area contributed by atoms with E-state index in [4.69, 9.17) is 0 Å². The fourth-order valence-electron chi connectivity index (χ4n) is 5.88. The smallest absolute Gasteiger partial charge is 0.321 e. The maximum Gasteiger partial charge on any atom is 0.321 e. The summed E-state index contributed by atoms with van der Waals surface area (Å²) in [6.45, 7) is 0. The van der Waals surface area contributed by atoms with E-state index in [1.807, 2.05) is 11.8 Å². The van der Waals surface area contributed by atoms with Gasteiger partial charge in [0.2, 0.25) is 5.91 Å². The Labute approximate surface area is 142 Å². The zero-order valence-electron chi connectivity index (χ0n) is 13.8. The molecule has 4 nitrogen and oxygen atoms in total. The van der Waals surface area contributed by atoms with Gasteiger partial charge in [0.25, 0.3) is 0 Å². The minimum Gasteiger partial charge on any atom is -0.335 e. The molecule has 128 valence electrons. The molecule has 0 aliphatic heterocycles. The molecule has 0 atom stereocenters. The second-order valence-electron chi connectivity index (χ2n) is 8.39. The van der Waals surface area contributed by atoms with Crippen LogP contribution in [0, 0.1) is 17.8 Å². The van der Waals surface area contributed by atoms with E-state index in [-0.39, 0.29) is 18.0 Å². The Morgan fingerprint density at radius 1 is 0.957 bits per heavy atom. The lowest BCUT2D eigenvalue weighted by molar-refractivity contribution is -0.117. The number of rotatable bonds is 4. The molecule has 0 radical (unpaired) electrons. The lowest BCUT2D eigenvalue weighted by atomic mass is 9.56. The van der Waals surface area contributed by atoms with Crippen molar-refractivity contribution in [1.29, 1.82) is 0 Å². The van der Waals surface area contributed by atoms with Crippen molar-refractivity contribution in [3.05, 3.63) is 0 Å². The van der Waals surface area contributed by atoms with Gasteiger partial charge in [0.1, 0.15) is 0 Å².